The molecule has 0 N–H and O–H groups in total. The van der Waals surface area contributed by atoms with E-state index in [-0.39, 0.29) is 11.6 Å². The summed E-state index contributed by atoms with van der Waals surface area (Å²) in [6.45, 7) is -2.62. The Balaban J connectivity index is 0.000000422. The average Bonchev–Trinajstić information content (AvgIpc) is 2.55. The minimum atomic E-state index is -2.62. The highest BCUT2D eigenvalue weighted by Gasteiger charge is 2.00. The van der Waals surface area contributed by atoms with Crippen molar-refractivity contribution >= 4 is 11.9 Å². The second kappa shape index (κ2) is 9.52. The third-order valence-corrected chi connectivity index (χ3v) is 2.53. The maximum Gasteiger partial charge on any atom is 0.345 e. The molecule has 0 unspecified atom stereocenters. The summed E-state index contributed by atoms with van der Waals surface area (Å²) in [5.41, 5.74) is 1.45. The summed E-state index contributed by atoms with van der Waals surface area (Å²) in [5, 5.41) is 0. The van der Waals surface area contributed by atoms with Crippen molar-refractivity contribution in [2.24, 2.45) is 0 Å². The molecule has 0 spiro atoms. The molecular formula is C17H15F3O2. The zero-order chi connectivity index (χ0) is 16.4. The maximum atomic E-state index is 12.7. The third-order valence-electron chi connectivity index (χ3n) is 2.53. The normalized spacial score (nSPS) is 10.4. The molecule has 22 heavy (non-hydrogen) atoms. The van der Waals surface area contributed by atoms with Gasteiger partial charge in [-0.05, 0) is 35.9 Å². The lowest BCUT2D eigenvalue weighted by atomic mass is 10.1. The zero-order valence-electron chi connectivity index (χ0n) is 11.9. The largest absolute Gasteiger partial charge is 0.345 e. The molecular weight excluding hydrogens is 293 g/mol. The Hall–Kier alpha value is -2.40. The van der Waals surface area contributed by atoms with Crippen molar-refractivity contribution in [3.05, 3.63) is 77.6 Å². The summed E-state index contributed by atoms with van der Waals surface area (Å²) in [7, 11) is 0.949. The first-order valence-corrected chi connectivity index (χ1v) is 6.37. The number of ether oxygens (including phenoxy) is 1. The SMILES string of the molecule is COC(F)F.O=C(/C=C/c1ccccc1)c1ccc(F)cc1. The molecule has 0 atom stereocenters. The van der Waals surface area contributed by atoms with Gasteiger partial charge >= 0.3 is 6.61 Å². The number of rotatable bonds is 4. The molecule has 0 amide bonds. The van der Waals surface area contributed by atoms with Crippen LogP contribution in [0.2, 0.25) is 0 Å². The van der Waals surface area contributed by atoms with Gasteiger partial charge in [0.25, 0.3) is 0 Å². The summed E-state index contributed by atoms with van der Waals surface area (Å²) in [6.07, 6.45) is 3.23. The minimum absolute atomic E-state index is 0.131. The molecule has 0 fully saturated rings. The number of carbonyl (C=O) groups excluding carboxylic acids is 1. The molecule has 2 rings (SSSR count). The van der Waals surface area contributed by atoms with Gasteiger partial charge in [0.05, 0.1) is 0 Å². The summed E-state index contributed by atoms with van der Waals surface area (Å²) >= 11 is 0. The third kappa shape index (κ3) is 6.85. The van der Waals surface area contributed by atoms with Gasteiger partial charge in [0.15, 0.2) is 5.78 Å². The highest BCUT2D eigenvalue weighted by Crippen LogP contribution is 2.07. The van der Waals surface area contributed by atoms with E-state index in [0.29, 0.717) is 5.56 Å². The van der Waals surface area contributed by atoms with E-state index in [0.717, 1.165) is 12.7 Å². The van der Waals surface area contributed by atoms with Gasteiger partial charge in [-0.1, -0.05) is 36.4 Å². The first-order chi connectivity index (χ1) is 10.5. The van der Waals surface area contributed by atoms with Gasteiger partial charge in [0.1, 0.15) is 5.82 Å². The van der Waals surface area contributed by atoms with Crippen LogP contribution < -0.4 is 0 Å². The van der Waals surface area contributed by atoms with Gasteiger partial charge in [-0.15, -0.1) is 0 Å². The summed E-state index contributed by atoms with van der Waals surface area (Å²) in [6, 6.07) is 15.1. The fourth-order valence-electron chi connectivity index (χ4n) is 1.45. The quantitative estimate of drug-likeness (QED) is 0.610. The van der Waals surface area contributed by atoms with Crippen molar-refractivity contribution in [3.63, 3.8) is 0 Å². The maximum absolute atomic E-state index is 12.7. The second-order valence-corrected chi connectivity index (χ2v) is 4.11. The Labute approximate surface area is 126 Å². The van der Waals surface area contributed by atoms with Crippen LogP contribution in [-0.2, 0) is 4.74 Å². The number of carbonyl (C=O) groups is 1. The van der Waals surface area contributed by atoms with E-state index in [1.54, 1.807) is 6.08 Å². The predicted molar refractivity (Wildman–Crippen MR) is 79.2 cm³/mol. The van der Waals surface area contributed by atoms with E-state index in [1.807, 2.05) is 30.3 Å². The number of ketones is 1. The molecule has 0 radical (unpaired) electrons. The van der Waals surface area contributed by atoms with Gasteiger partial charge in [0, 0.05) is 12.7 Å². The molecule has 0 aliphatic carbocycles. The van der Waals surface area contributed by atoms with Crippen LogP contribution in [0.1, 0.15) is 15.9 Å². The lowest BCUT2D eigenvalue weighted by Gasteiger charge is -1.95. The van der Waals surface area contributed by atoms with E-state index in [9.17, 15) is 18.0 Å². The number of hydrogen-bond acceptors (Lipinski definition) is 2. The predicted octanol–water partition coefficient (Wildman–Crippen LogP) is 4.58. The smallest absolute Gasteiger partial charge is 0.326 e. The summed E-state index contributed by atoms with van der Waals surface area (Å²) in [5.74, 6) is -0.470. The second-order valence-electron chi connectivity index (χ2n) is 4.11. The highest BCUT2D eigenvalue weighted by molar-refractivity contribution is 6.06. The number of allylic oxidation sites excluding steroid dienone is 1. The van der Waals surface area contributed by atoms with Crippen LogP contribution in [0.25, 0.3) is 6.08 Å². The molecule has 0 bridgehead atoms. The number of benzene rings is 2. The van der Waals surface area contributed by atoms with Crippen molar-refractivity contribution in [1.29, 1.82) is 0 Å². The topological polar surface area (TPSA) is 26.3 Å². The zero-order valence-corrected chi connectivity index (χ0v) is 11.9. The van der Waals surface area contributed by atoms with Crippen LogP contribution in [0.3, 0.4) is 0 Å². The van der Waals surface area contributed by atoms with Crippen molar-refractivity contribution in [1.82, 2.24) is 0 Å². The van der Waals surface area contributed by atoms with Crippen LogP contribution >= 0.6 is 0 Å². The molecule has 0 aromatic heterocycles. The molecule has 0 saturated carbocycles. The number of alkyl halides is 2. The van der Waals surface area contributed by atoms with Crippen molar-refractivity contribution in [2.45, 2.75) is 6.61 Å². The van der Waals surface area contributed by atoms with Crippen LogP contribution in [0.4, 0.5) is 13.2 Å². The van der Waals surface area contributed by atoms with Crippen LogP contribution in [0, 0.1) is 5.82 Å². The van der Waals surface area contributed by atoms with Crippen LogP contribution in [-0.4, -0.2) is 19.5 Å². The van der Waals surface area contributed by atoms with Gasteiger partial charge < -0.3 is 4.74 Å². The molecule has 2 aromatic rings. The molecule has 0 saturated heterocycles. The first kappa shape index (κ1) is 17.7. The van der Waals surface area contributed by atoms with E-state index < -0.39 is 6.61 Å². The molecule has 2 aromatic carbocycles. The van der Waals surface area contributed by atoms with Crippen molar-refractivity contribution in [3.8, 4) is 0 Å². The average molecular weight is 308 g/mol. The summed E-state index contributed by atoms with van der Waals surface area (Å²) in [4.78, 5) is 11.7. The Morgan fingerprint density at radius 1 is 1.05 bits per heavy atom. The van der Waals surface area contributed by atoms with Crippen LogP contribution in [0.5, 0.6) is 0 Å². The highest BCUT2D eigenvalue weighted by atomic mass is 19.3. The molecule has 116 valence electrons. The minimum Gasteiger partial charge on any atom is -0.326 e. The molecule has 0 heterocycles. The fourth-order valence-corrected chi connectivity index (χ4v) is 1.45. The summed E-state index contributed by atoms with van der Waals surface area (Å²) < 4.78 is 37.2. The Bertz CT molecular complexity index is 593. The van der Waals surface area contributed by atoms with E-state index in [1.165, 1.54) is 30.3 Å². The van der Waals surface area contributed by atoms with E-state index in [4.69, 9.17) is 0 Å². The van der Waals surface area contributed by atoms with Crippen molar-refractivity contribution < 1.29 is 22.7 Å². The van der Waals surface area contributed by atoms with E-state index in [2.05, 4.69) is 4.74 Å². The number of methoxy groups -OCH3 is 1. The van der Waals surface area contributed by atoms with Gasteiger partial charge in [-0.25, -0.2) is 4.39 Å². The standard InChI is InChI=1S/C15H11FO.C2H4F2O/c16-14-9-7-13(8-10-14)15(17)11-6-12-4-2-1-3-5-12;1-5-2(3)4/h1-11H;2H,1H3/b11-6+;. The monoisotopic (exact) mass is 308 g/mol. The Morgan fingerprint density at radius 3 is 2.09 bits per heavy atom. The van der Waals surface area contributed by atoms with Crippen molar-refractivity contribution in [2.75, 3.05) is 7.11 Å². The van der Waals surface area contributed by atoms with Gasteiger partial charge in [0.2, 0.25) is 0 Å². The first-order valence-electron chi connectivity index (χ1n) is 6.37. The fraction of sp³-hybridized carbons (Fsp3) is 0.118. The molecule has 5 heteroatoms. The van der Waals surface area contributed by atoms with Gasteiger partial charge in [-0.2, -0.15) is 8.78 Å². The Morgan fingerprint density at radius 2 is 1.59 bits per heavy atom. The van der Waals surface area contributed by atoms with Gasteiger partial charge in [-0.3, -0.25) is 4.79 Å². The molecule has 0 aliphatic rings. The lowest BCUT2D eigenvalue weighted by molar-refractivity contribution is -0.105. The molecule has 2 nitrogen and oxygen atoms in total. The van der Waals surface area contributed by atoms with Crippen LogP contribution in [0.15, 0.2) is 60.7 Å². The number of hydrogen-bond donors (Lipinski definition) is 0. The lowest BCUT2D eigenvalue weighted by Crippen LogP contribution is -1.93. The molecule has 0 aliphatic heterocycles. The Kier molecular flexibility index (Phi) is 7.64. The van der Waals surface area contributed by atoms with E-state index >= 15 is 0 Å². The number of halogens is 3.